The van der Waals surface area contributed by atoms with Crippen molar-refractivity contribution in [3.63, 3.8) is 0 Å². The van der Waals surface area contributed by atoms with E-state index in [1.54, 1.807) is 21.1 Å². The number of hydrogen-bond acceptors (Lipinski definition) is 4. The Morgan fingerprint density at radius 3 is 2.57 bits per heavy atom. The van der Waals surface area contributed by atoms with E-state index in [-0.39, 0.29) is 23.9 Å². The molecule has 2 atom stereocenters. The molecule has 1 rings (SSSR count). The Bertz CT molecular complexity index is 631. The molecule has 0 fully saturated rings. The van der Waals surface area contributed by atoms with Crippen molar-refractivity contribution in [3.8, 4) is 5.75 Å². The van der Waals surface area contributed by atoms with Gasteiger partial charge in [0, 0.05) is 25.4 Å². The van der Waals surface area contributed by atoms with Gasteiger partial charge in [-0.1, -0.05) is 12.1 Å². The minimum absolute atomic E-state index is 0.0544. The molecule has 1 aromatic carbocycles. The summed E-state index contributed by atoms with van der Waals surface area (Å²) in [5.74, 6) is 0.723. The number of nitrogens with zero attached hydrogens (tertiary/aromatic N) is 1. The molecule has 7 heteroatoms. The number of rotatable bonds is 7. The van der Waals surface area contributed by atoms with Gasteiger partial charge in [-0.15, -0.1) is 0 Å². The number of carbonyl (C=O) groups excluding carboxylic acids is 1. The summed E-state index contributed by atoms with van der Waals surface area (Å²) in [6, 6.07) is 6.93. The lowest BCUT2D eigenvalue weighted by molar-refractivity contribution is 0.194. The zero-order valence-electron chi connectivity index (χ0n) is 14.4. The van der Waals surface area contributed by atoms with E-state index in [9.17, 15) is 13.2 Å². The van der Waals surface area contributed by atoms with Crippen LogP contribution in [0.2, 0.25) is 0 Å². The van der Waals surface area contributed by atoms with E-state index in [1.807, 2.05) is 31.2 Å². The third-order valence-electron chi connectivity index (χ3n) is 3.57. The van der Waals surface area contributed by atoms with Crippen LogP contribution in [0.5, 0.6) is 5.75 Å². The smallest absolute Gasteiger partial charge is 0.317 e. The summed E-state index contributed by atoms with van der Waals surface area (Å²) >= 11 is 0. The van der Waals surface area contributed by atoms with Crippen LogP contribution in [-0.2, 0) is 16.3 Å². The Morgan fingerprint density at radius 1 is 1.35 bits per heavy atom. The molecule has 0 bridgehead atoms. The molecule has 0 spiro atoms. The molecule has 2 amide bonds. The number of ether oxygens (including phenoxy) is 1. The van der Waals surface area contributed by atoms with Crippen LogP contribution in [0.3, 0.4) is 0 Å². The van der Waals surface area contributed by atoms with E-state index in [0.717, 1.165) is 11.3 Å². The Hall–Kier alpha value is -1.76. The zero-order chi connectivity index (χ0) is 17.6. The van der Waals surface area contributed by atoms with Gasteiger partial charge < -0.3 is 15.0 Å². The topological polar surface area (TPSA) is 75.7 Å². The number of hydrogen-bond donors (Lipinski definition) is 1. The number of amides is 2. The second-order valence-electron chi connectivity index (χ2n) is 5.96. The summed E-state index contributed by atoms with van der Waals surface area (Å²) in [7, 11) is 0.0920. The van der Waals surface area contributed by atoms with Gasteiger partial charge in [0.25, 0.3) is 0 Å². The molecule has 0 saturated carbocycles. The van der Waals surface area contributed by atoms with Crippen molar-refractivity contribution >= 4 is 15.9 Å². The predicted octanol–water partition coefficient (Wildman–Crippen LogP) is 1.70. The molecule has 130 valence electrons. The molecule has 0 heterocycles. The van der Waals surface area contributed by atoms with Crippen LogP contribution in [0.4, 0.5) is 4.79 Å². The third kappa shape index (κ3) is 6.90. The molecule has 6 nitrogen and oxygen atoms in total. The monoisotopic (exact) mass is 342 g/mol. The zero-order valence-corrected chi connectivity index (χ0v) is 15.2. The van der Waals surface area contributed by atoms with Gasteiger partial charge in [0.1, 0.15) is 15.6 Å². The Kier molecular flexibility index (Phi) is 6.87. The van der Waals surface area contributed by atoms with Crippen molar-refractivity contribution in [2.24, 2.45) is 0 Å². The molecule has 0 aliphatic heterocycles. The highest BCUT2D eigenvalue weighted by Crippen LogP contribution is 2.14. The van der Waals surface area contributed by atoms with Gasteiger partial charge >= 0.3 is 6.03 Å². The van der Waals surface area contributed by atoms with Crippen molar-refractivity contribution < 1.29 is 17.9 Å². The maximum Gasteiger partial charge on any atom is 0.317 e. The SMILES string of the molecule is COc1cccc(C[C@@H](C)NC(=O)N(C)[C@@H](C)CS(C)(=O)=O)c1. The number of methoxy groups -OCH3 is 1. The standard InChI is InChI=1S/C16H26N2O4S/c1-12(9-14-7-6-8-15(10-14)22-4)17-16(19)18(3)13(2)11-23(5,20)21/h6-8,10,12-13H,9,11H2,1-5H3,(H,17,19)/t12-,13+/m1/s1. The number of nitrogens with one attached hydrogen (secondary N) is 1. The van der Waals surface area contributed by atoms with Crippen molar-refractivity contribution in [2.45, 2.75) is 32.4 Å². The van der Waals surface area contributed by atoms with Gasteiger partial charge in [-0.2, -0.15) is 0 Å². The summed E-state index contributed by atoms with van der Waals surface area (Å²) in [5.41, 5.74) is 1.06. The molecule has 0 unspecified atom stereocenters. The normalized spacial score (nSPS) is 14.0. The van der Waals surface area contributed by atoms with Gasteiger partial charge in [-0.05, 0) is 38.0 Å². The van der Waals surface area contributed by atoms with E-state index in [4.69, 9.17) is 4.74 Å². The largest absolute Gasteiger partial charge is 0.497 e. The van der Waals surface area contributed by atoms with E-state index < -0.39 is 9.84 Å². The lowest BCUT2D eigenvalue weighted by Gasteiger charge is -2.26. The quantitative estimate of drug-likeness (QED) is 0.818. The minimum Gasteiger partial charge on any atom is -0.497 e. The van der Waals surface area contributed by atoms with Crippen molar-refractivity contribution in [3.05, 3.63) is 29.8 Å². The summed E-state index contributed by atoms with van der Waals surface area (Å²) in [5, 5.41) is 2.88. The fourth-order valence-corrected chi connectivity index (χ4v) is 3.37. The summed E-state index contributed by atoms with van der Waals surface area (Å²) in [4.78, 5) is 13.6. The second-order valence-corrected chi connectivity index (χ2v) is 8.14. The van der Waals surface area contributed by atoms with Crippen LogP contribution < -0.4 is 10.1 Å². The fourth-order valence-electron chi connectivity index (χ4n) is 2.27. The van der Waals surface area contributed by atoms with E-state index >= 15 is 0 Å². The number of sulfone groups is 1. The van der Waals surface area contributed by atoms with E-state index in [1.165, 1.54) is 11.2 Å². The van der Waals surface area contributed by atoms with Gasteiger partial charge in [-0.25, -0.2) is 13.2 Å². The predicted molar refractivity (Wildman–Crippen MR) is 91.6 cm³/mol. The molecule has 0 aliphatic carbocycles. The third-order valence-corrected chi connectivity index (χ3v) is 4.66. The highest BCUT2D eigenvalue weighted by molar-refractivity contribution is 7.90. The highest BCUT2D eigenvalue weighted by Gasteiger charge is 2.20. The first-order chi connectivity index (χ1) is 10.6. The lowest BCUT2D eigenvalue weighted by Crippen LogP contribution is -2.48. The van der Waals surface area contributed by atoms with Gasteiger partial charge in [-0.3, -0.25) is 0 Å². The fraction of sp³-hybridized carbons (Fsp3) is 0.562. The van der Waals surface area contributed by atoms with Crippen LogP contribution in [0.1, 0.15) is 19.4 Å². The van der Waals surface area contributed by atoms with E-state index in [0.29, 0.717) is 6.42 Å². The first-order valence-electron chi connectivity index (χ1n) is 7.46. The average molecular weight is 342 g/mol. The van der Waals surface area contributed by atoms with Gasteiger partial charge in [0.05, 0.1) is 12.9 Å². The molecule has 0 radical (unpaired) electrons. The van der Waals surface area contributed by atoms with Crippen molar-refractivity contribution in [1.82, 2.24) is 10.2 Å². The van der Waals surface area contributed by atoms with Crippen LogP contribution in [0.15, 0.2) is 24.3 Å². The lowest BCUT2D eigenvalue weighted by atomic mass is 10.1. The molecule has 0 aliphatic rings. The van der Waals surface area contributed by atoms with Crippen LogP contribution in [0.25, 0.3) is 0 Å². The molecule has 23 heavy (non-hydrogen) atoms. The molecular weight excluding hydrogens is 316 g/mol. The van der Waals surface area contributed by atoms with E-state index in [2.05, 4.69) is 5.32 Å². The molecule has 1 N–H and O–H groups in total. The van der Waals surface area contributed by atoms with Crippen LogP contribution >= 0.6 is 0 Å². The number of benzene rings is 1. The summed E-state index contributed by atoms with van der Waals surface area (Å²) in [6.07, 6.45) is 1.83. The first kappa shape index (κ1) is 19.3. The van der Waals surface area contributed by atoms with Crippen LogP contribution in [0, 0.1) is 0 Å². The second kappa shape index (κ2) is 8.19. The Morgan fingerprint density at radius 2 is 2.00 bits per heavy atom. The molecule has 0 aromatic heterocycles. The molecular formula is C16H26N2O4S. The maximum atomic E-state index is 12.2. The van der Waals surface area contributed by atoms with Crippen molar-refractivity contribution in [1.29, 1.82) is 0 Å². The molecule has 1 aromatic rings. The van der Waals surface area contributed by atoms with Gasteiger partial charge in [0.2, 0.25) is 0 Å². The summed E-state index contributed by atoms with van der Waals surface area (Å²) in [6.45, 7) is 3.62. The number of urea groups is 1. The van der Waals surface area contributed by atoms with Crippen LogP contribution in [-0.4, -0.2) is 57.6 Å². The number of carbonyl (C=O) groups is 1. The maximum absolute atomic E-state index is 12.2. The van der Waals surface area contributed by atoms with Gasteiger partial charge in [0.15, 0.2) is 0 Å². The molecule has 0 saturated heterocycles. The summed E-state index contributed by atoms with van der Waals surface area (Å²) < 4.78 is 27.8. The highest BCUT2D eigenvalue weighted by atomic mass is 32.2. The Labute approximate surface area is 138 Å². The van der Waals surface area contributed by atoms with Crippen molar-refractivity contribution in [2.75, 3.05) is 26.2 Å². The first-order valence-corrected chi connectivity index (χ1v) is 9.52. The average Bonchev–Trinajstić information content (AvgIpc) is 2.44. The Balaban J connectivity index is 2.58. The minimum atomic E-state index is -3.12.